The van der Waals surface area contributed by atoms with Crippen LogP contribution in [0.3, 0.4) is 0 Å². The van der Waals surface area contributed by atoms with Gasteiger partial charge in [0, 0.05) is 55.1 Å². The van der Waals surface area contributed by atoms with Crippen molar-refractivity contribution in [2.75, 3.05) is 39.7 Å². The molecule has 1 aliphatic heterocycles. The number of nitrogens with one attached hydrogen (secondary N) is 3. The lowest BCUT2D eigenvalue weighted by molar-refractivity contribution is 0.162. The smallest absolute Gasteiger partial charge is 0.166 e. The molecule has 0 saturated heterocycles. The predicted octanol–water partition coefficient (Wildman–Crippen LogP) is 5.86. The van der Waals surface area contributed by atoms with E-state index in [1.54, 1.807) is 26.0 Å². The maximum atomic E-state index is 9.16. The number of hydrogen-bond donors (Lipinski definition) is 4. The molecule has 3 rings (SSSR count). The van der Waals surface area contributed by atoms with Crippen molar-refractivity contribution in [1.82, 2.24) is 16.0 Å². The number of amidine groups is 1. The van der Waals surface area contributed by atoms with E-state index in [1.807, 2.05) is 56.3 Å². The Morgan fingerprint density at radius 1 is 0.974 bits per heavy atom. The van der Waals surface area contributed by atoms with E-state index in [0.29, 0.717) is 23.6 Å². The molecule has 0 saturated carbocycles. The van der Waals surface area contributed by atoms with Crippen LogP contribution in [-0.2, 0) is 13.1 Å². The molecule has 0 aliphatic carbocycles. The van der Waals surface area contributed by atoms with Crippen molar-refractivity contribution in [3.05, 3.63) is 59.7 Å². The molecule has 0 radical (unpaired) electrons. The highest BCUT2D eigenvalue weighted by atomic mass is 32.2. The first-order valence-corrected chi connectivity index (χ1v) is 13.8. The normalized spacial score (nSPS) is 13.7. The van der Waals surface area contributed by atoms with Gasteiger partial charge >= 0.3 is 0 Å². The molecule has 2 aromatic carbocycles. The molecule has 0 unspecified atom stereocenters. The molecular weight excluding hydrogens is 528 g/mol. The van der Waals surface area contributed by atoms with Gasteiger partial charge in [0.25, 0.3) is 0 Å². The Balaban J connectivity index is 0.000000705. The van der Waals surface area contributed by atoms with Crippen molar-refractivity contribution in [2.24, 2.45) is 15.8 Å². The lowest BCUT2D eigenvalue weighted by atomic mass is 9.95. The second-order valence-electron chi connectivity index (χ2n) is 10.4. The predicted molar refractivity (Wildman–Crippen MR) is 173 cm³/mol. The van der Waals surface area contributed by atoms with E-state index < -0.39 is 0 Å². The summed E-state index contributed by atoms with van der Waals surface area (Å²) in [6.45, 7) is 11.5. The summed E-state index contributed by atoms with van der Waals surface area (Å²) in [7, 11) is 3.35. The monoisotopic (exact) mass is 578 g/mol. The summed E-state index contributed by atoms with van der Waals surface area (Å²) in [5, 5.41) is 20.4. The molecule has 7 nitrogen and oxygen atoms in total. The van der Waals surface area contributed by atoms with Crippen molar-refractivity contribution in [3.8, 4) is 11.5 Å². The first-order chi connectivity index (χ1) is 17.6. The summed E-state index contributed by atoms with van der Waals surface area (Å²) >= 11 is 7.00. The zero-order valence-electron chi connectivity index (χ0n) is 22.9. The fraction of sp³-hybridized carbons (Fsp3) is 0.533. The van der Waals surface area contributed by atoms with Gasteiger partial charge in [0.05, 0.1) is 14.2 Å². The van der Waals surface area contributed by atoms with Crippen molar-refractivity contribution < 1.29 is 14.6 Å². The van der Waals surface area contributed by atoms with Gasteiger partial charge in [-0.15, -0.1) is 0 Å². The number of benzene rings is 2. The molecule has 0 fully saturated rings. The highest BCUT2D eigenvalue weighted by Gasteiger charge is 2.23. The van der Waals surface area contributed by atoms with Gasteiger partial charge in [-0.2, -0.15) is 0 Å². The summed E-state index contributed by atoms with van der Waals surface area (Å²) in [5.74, 6) is 2.88. The Bertz CT molecular complexity index is 1030. The fourth-order valence-electron chi connectivity index (χ4n) is 3.23. The maximum Gasteiger partial charge on any atom is 0.166 e. The Morgan fingerprint density at radius 2 is 1.51 bits per heavy atom. The number of para-hydroxylation sites is 2. The molecule has 9 heteroatoms. The number of nitrogens with zero attached hydrogens (tertiary/aromatic N) is 1. The minimum Gasteiger partial charge on any atom is -0.496 e. The first kappa shape index (κ1) is 36.5. The van der Waals surface area contributed by atoms with E-state index in [1.165, 1.54) is 0 Å². The van der Waals surface area contributed by atoms with E-state index in [4.69, 9.17) is 26.8 Å². The number of hydrogen-bond acceptors (Lipinski definition) is 7. The third-order valence-electron chi connectivity index (χ3n) is 5.66. The summed E-state index contributed by atoms with van der Waals surface area (Å²) in [5.41, 5.74) is 2.35. The van der Waals surface area contributed by atoms with Crippen molar-refractivity contribution in [3.63, 3.8) is 0 Å². The van der Waals surface area contributed by atoms with Crippen LogP contribution in [0.1, 0.15) is 53.7 Å². The van der Waals surface area contributed by atoms with Crippen LogP contribution in [0.5, 0.6) is 11.5 Å². The molecule has 4 N–H and O–H groups in total. The van der Waals surface area contributed by atoms with Crippen molar-refractivity contribution in [2.45, 2.75) is 55.6 Å². The zero-order chi connectivity index (χ0) is 27.3. The Morgan fingerprint density at radius 3 is 2.00 bits per heavy atom. The number of ether oxygens (including phenoxy) is 2. The molecular formula is C30H50N4O3S2. The highest BCUT2D eigenvalue weighted by Crippen LogP contribution is 2.27. The second kappa shape index (κ2) is 18.0. The second-order valence-corrected chi connectivity index (χ2v) is 11.8. The van der Waals surface area contributed by atoms with Gasteiger partial charge in [-0.05, 0) is 29.8 Å². The minimum absolute atomic E-state index is 0. The average Bonchev–Trinajstić information content (AvgIpc) is 2.91. The van der Waals surface area contributed by atoms with Crippen molar-refractivity contribution >= 4 is 34.3 Å². The molecule has 0 atom stereocenters. The fourth-order valence-corrected chi connectivity index (χ4v) is 4.32. The molecule has 39 heavy (non-hydrogen) atoms. The average molecular weight is 579 g/mol. The quantitative estimate of drug-likeness (QED) is 0.275. The van der Waals surface area contributed by atoms with Gasteiger partial charge < -0.3 is 30.5 Å². The molecule has 0 spiro atoms. The number of aliphatic hydroxyl groups is 1. The van der Waals surface area contributed by atoms with Gasteiger partial charge in [0.1, 0.15) is 11.5 Å². The first-order valence-electron chi connectivity index (χ1n) is 12.4. The van der Waals surface area contributed by atoms with Crippen LogP contribution in [-0.4, -0.2) is 55.1 Å². The maximum absolute atomic E-state index is 9.16. The lowest BCUT2D eigenvalue weighted by Gasteiger charge is -2.27. The van der Waals surface area contributed by atoms with Crippen LogP contribution < -0.4 is 25.4 Å². The van der Waals surface area contributed by atoms with Crippen LogP contribution in [0.15, 0.2) is 53.5 Å². The van der Waals surface area contributed by atoms with E-state index in [9.17, 15) is 0 Å². The number of methoxy groups -OCH3 is 2. The third-order valence-corrected chi connectivity index (χ3v) is 7.42. The molecule has 0 amide bonds. The number of rotatable bonds is 9. The van der Waals surface area contributed by atoms with Crippen LogP contribution in [0.25, 0.3) is 0 Å². The number of thioether (sulfide) groups is 1. The Labute approximate surface area is 246 Å². The third kappa shape index (κ3) is 13.4. The summed E-state index contributed by atoms with van der Waals surface area (Å²) in [6.07, 6.45) is 0. The van der Waals surface area contributed by atoms with Crippen LogP contribution >= 0.6 is 24.0 Å². The highest BCUT2D eigenvalue weighted by molar-refractivity contribution is 8.13. The van der Waals surface area contributed by atoms with Gasteiger partial charge in [-0.3, -0.25) is 4.99 Å². The largest absolute Gasteiger partial charge is 0.496 e. The van der Waals surface area contributed by atoms with Gasteiger partial charge in [-0.25, -0.2) is 0 Å². The number of thiocarbonyl (C=S) groups is 1. The Kier molecular flexibility index (Phi) is 16.8. The van der Waals surface area contributed by atoms with Crippen LogP contribution in [0.4, 0.5) is 0 Å². The summed E-state index contributed by atoms with van der Waals surface area (Å²) in [6, 6.07) is 15.9. The molecule has 1 heterocycles. The lowest BCUT2D eigenvalue weighted by Crippen LogP contribution is -2.41. The number of aliphatic hydroxyl groups excluding tert-OH is 1. The van der Waals surface area contributed by atoms with E-state index in [2.05, 4.69) is 40.9 Å². The van der Waals surface area contributed by atoms with E-state index in [0.717, 1.165) is 46.6 Å². The standard InChI is InChI=1S/C14H22N2O2S.C14H20N2OS.2CH4/c1-14(2,10-17)9-16-13(19)15-8-11-6-4-5-7-12(11)18-3;1-14(2)9-16-13(18-10-14)15-8-11-6-4-5-7-12(11)17-3;;/h4-7,17H,8-10H2,1-3H3,(H2,15,16,19);4-7H,8-10H2,1-3H3,(H,15,16);2*1H4. The van der Waals surface area contributed by atoms with Gasteiger partial charge in [-0.1, -0.05) is 90.7 Å². The van der Waals surface area contributed by atoms with Crippen LogP contribution in [0.2, 0.25) is 0 Å². The summed E-state index contributed by atoms with van der Waals surface area (Å²) in [4.78, 5) is 4.58. The van der Waals surface area contributed by atoms with E-state index >= 15 is 0 Å². The minimum atomic E-state index is -0.184. The summed E-state index contributed by atoms with van der Waals surface area (Å²) < 4.78 is 10.6. The molecule has 2 aromatic rings. The Hall–Kier alpha value is -2.49. The zero-order valence-corrected chi connectivity index (χ0v) is 24.5. The van der Waals surface area contributed by atoms with Crippen LogP contribution in [0, 0.1) is 10.8 Å². The molecule has 1 aliphatic rings. The molecule has 220 valence electrons. The number of aliphatic imine (C=N–C) groups is 1. The molecule has 0 aromatic heterocycles. The molecule has 0 bridgehead atoms. The van der Waals surface area contributed by atoms with Gasteiger partial charge in [0.15, 0.2) is 10.3 Å². The van der Waals surface area contributed by atoms with Crippen molar-refractivity contribution in [1.29, 1.82) is 0 Å². The topological polar surface area (TPSA) is 87.1 Å². The van der Waals surface area contributed by atoms with E-state index in [-0.39, 0.29) is 26.9 Å². The van der Waals surface area contributed by atoms with Gasteiger partial charge in [0.2, 0.25) is 0 Å². The SMILES string of the molecule is C.C.COc1ccccc1CNC(=S)NCC(C)(C)CO.COc1ccccc1CNC1=NCC(C)(C)CS1.